The van der Waals surface area contributed by atoms with Gasteiger partial charge < -0.3 is 4.74 Å². The molecule has 0 aromatic carbocycles. The minimum absolute atomic E-state index is 0.0445. The smallest absolute Gasteiger partial charge is 0.426 e. The lowest BCUT2D eigenvalue weighted by Crippen LogP contribution is -2.44. The predicted octanol–water partition coefficient (Wildman–Crippen LogP) is 1.12. The lowest BCUT2D eigenvalue weighted by Gasteiger charge is -2.17. The third-order valence-corrected chi connectivity index (χ3v) is 2.20. The van der Waals surface area contributed by atoms with Gasteiger partial charge in [-0.15, -0.1) is 0 Å². The molecule has 0 aliphatic heterocycles. The molecule has 1 atom stereocenters. The van der Waals surface area contributed by atoms with E-state index in [0.29, 0.717) is 0 Å². The van der Waals surface area contributed by atoms with Crippen LogP contribution in [0.1, 0.15) is 26.2 Å². The van der Waals surface area contributed by atoms with Crippen molar-refractivity contribution in [3.63, 3.8) is 0 Å². The van der Waals surface area contributed by atoms with Crippen molar-refractivity contribution in [3.05, 3.63) is 12.2 Å². The van der Waals surface area contributed by atoms with Crippen LogP contribution in [0.5, 0.6) is 0 Å². The monoisotopic (exact) mass is 212 g/mol. The molecule has 0 aromatic rings. The SMILES string of the molecule is CCOC(=O)NNC(=O)C1CC=CCC1. The summed E-state index contributed by atoms with van der Waals surface area (Å²) in [7, 11) is 0. The Balaban J connectivity index is 2.23. The molecule has 0 spiro atoms. The molecular formula is C10H16N2O3. The van der Waals surface area contributed by atoms with E-state index in [1.54, 1.807) is 6.92 Å². The van der Waals surface area contributed by atoms with Gasteiger partial charge in [-0.3, -0.25) is 10.2 Å². The third-order valence-electron chi connectivity index (χ3n) is 2.20. The third kappa shape index (κ3) is 4.01. The van der Waals surface area contributed by atoms with Gasteiger partial charge in [-0.05, 0) is 26.2 Å². The zero-order chi connectivity index (χ0) is 11.1. The number of rotatable bonds is 2. The molecule has 0 fully saturated rings. The summed E-state index contributed by atoms with van der Waals surface area (Å²) in [6.45, 7) is 1.99. The molecule has 0 saturated heterocycles. The maximum absolute atomic E-state index is 11.5. The van der Waals surface area contributed by atoms with E-state index < -0.39 is 6.09 Å². The van der Waals surface area contributed by atoms with Crippen LogP contribution < -0.4 is 10.9 Å². The Morgan fingerprint density at radius 1 is 1.40 bits per heavy atom. The Hall–Kier alpha value is -1.52. The van der Waals surface area contributed by atoms with Crippen LogP contribution in [0.4, 0.5) is 4.79 Å². The maximum atomic E-state index is 11.5. The number of amides is 2. The molecule has 1 unspecified atom stereocenters. The summed E-state index contributed by atoms with van der Waals surface area (Å²) >= 11 is 0. The van der Waals surface area contributed by atoms with Crippen molar-refractivity contribution in [1.82, 2.24) is 10.9 Å². The summed E-state index contributed by atoms with van der Waals surface area (Å²) in [6.07, 6.45) is 5.89. The van der Waals surface area contributed by atoms with Crippen molar-refractivity contribution in [2.75, 3.05) is 6.61 Å². The number of allylic oxidation sites excluding steroid dienone is 2. The van der Waals surface area contributed by atoms with Crippen LogP contribution in [0, 0.1) is 5.92 Å². The van der Waals surface area contributed by atoms with Gasteiger partial charge in [0.25, 0.3) is 0 Å². The molecule has 1 aliphatic rings. The van der Waals surface area contributed by atoms with Gasteiger partial charge in [-0.2, -0.15) is 0 Å². The van der Waals surface area contributed by atoms with Crippen LogP contribution in [0.15, 0.2) is 12.2 Å². The van der Waals surface area contributed by atoms with E-state index in [2.05, 4.69) is 21.7 Å². The van der Waals surface area contributed by atoms with Gasteiger partial charge in [-0.25, -0.2) is 10.2 Å². The standard InChI is InChI=1S/C10H16N2O3/c1-2-15-10(14)12-11-9(13)8-6-4-3-5-7-8/h3-4,8H,2,5-7H2,1H3,(H,11,13)(H,12,14). The van der Waals surface area contributed by atoms with E-state index in [4.69, 9.17) is 0 Å². The second kappa shape index (κ2) is 6.06. The van der Waals surface area contributed by atoms with Crippen LogP contribution in [-0.2, 0) is 9.53 Å². The molecular weight excluding hydrogens is 196 g/mol. The quantitative estimate of drug-likeness (QED) is 0.532. The molecule has 5 nitrogen and oxygen atoms in total. The van der Waals surface area contributed by atoms with Gasteiger partial charge in [0.05, 0.1) is 6.61 Å². The first-order valence-electron chi connectivity index (χ1n) is 5.11. The number of hydrogen-bond donors (Lipinski definition) is 2. The lowest BCUT2D eigenvalue weighted by atomic mass is 9.94. The van der Waals surface area contributed by atoms with Gasteiger partial charge in [0.15, 0.2) is 0 Å². The number of carbonyl (C=O) groups is 2. The summed E-state index contributed by atoms with van der Waals surface area (Å²) in [4.78, 5) is 22.4. The number of nitrogens with one attached hydrogen (secondary N) is 2. The van der Waals surface area contributed by atoms with E-state index in [-0.39, 0.29) is 18.4 Å². The number of carbonyl (C=O) groups excluding carboxylic acids is 2. The van der Waals surface area contributed by atoms with Crippen molar-refractivity contribution in [1.29, 1.82) is 0 Å². The van der Waals surface area contributed by atoms with Gasteiger partial charge in [-0.1, -0.05) is 12.2 Å². The minimum Gasteiger partial charge on any atom is -0.449 e. The van der Waals surface area contributed by atoms with E-state index in [9.17, 15) is 9.59 Å². The fraction of sp³-hybridized carbons (Fsp3) is 0.600. The molecule has 1 aliphatic carbocycles. The summed E-state index contributed by atoms with van der Waals surface area (Å²) in [6, 6.07) is 0. The number of ether oxygens (including phenoxy) is 1. The highest BCUT2D eigenvalue weighted by molar-refractivity contribution is 5.81. The normalized spacial score (nSPS) is 19.4. The van der Waals surface area contributed by atoms with Crippen LogP contribution in [0.25, 0.3) is 0 Å². The molecule has 5 heteroatoms. The Bertz CT molecular complexity index is 263. The molecule has 0 bridgehead atoms. The highest BCUT2D eigenvalue weighted by atomic mass is 16.5. The summed E-state index contributed by atoms with van der Waals surface area (Å²) in [5.41, 5.74) is 4.54. The van der Waals surface area contributed by atoms with E-state index in [0.717, 1.165) is 19.3 Å². The van der Waals surface area contributed by atoms with Gasteiger partial charge >= 0.3 is 6.09 Å². The zero-order valence-electron chi connectivity index (χ0n) is 8.79. The molecule has 0 heterocycles. The lowest BCUT2D eigenvalue weighted by molar-refractivity contribution is -0.126. The Labute approximate surface area is 88.8 Å². The predicted molar refractivity (Wildman–Crippen MR) is 54.8 cm³/mol. The van der Waals surface area contributed by atoms with Gasteiger partial charge in [0.1, 0.15) is 0 Å². The van der Waals surface area contributed by atoms with E-state index in [1.165, 1.54) is 0 Å². The summed E-state index contributed by atoms with van der Waals surface area (Å²) < 4.78 is 4.60. The van der Waals surface area contributed by atoms with E-state index in [1.807, 2.05) is 6.08 Å². The van der Waals surface area contributed by atoms with Crippen molar-refractivity contribution in [2.45, 2.75) is 26.2 Å². The first-order valence-corrected chi connectivity index (χ1v) is 5.11. The molecule has 0 saturated carbocycles. The molecule has 1 rings (SSSR count). The number of hydrazine groups is 1. The van der Waals surface area contributed by atoms with Crippen LogP contribution in [0.2, 0.25) is 0 Å². The Morgan fingerprint density at radius 3 is 2.80 bits per heavy atom. The van der Waals surface area contributed by atoms with Crippen molar-refractivity contribution < 1.29 is 14.3 Å². The van der Waals surface area contributed by atoms with Crippen LogP contribution in [0.3, 0.4) is 0 Å². The highest BCUT2D eigenvalue weighted by Crippen LogP contribution is 2.17. The number of hydrogen-bond acceptors (Lipinski definition) is 3. The average Bonchev–Trinajstić information content (AvgIpc) is 2.27. The first kappa shape index (κ1) is 11.6. The Kier molecular flexibility index (Phi) is 4.66. The summed E-state index contributed by atoms with van der Waals surface area (Å²) in [5, 5.41) is 0. The molecule has 15 heavy (non-hydrogen) atoms. The first-order chi connectivity index (χ1) is 7.24. The highest BCUT2D eigenvalue weighted by Gasteiger charge is 2.18. The fourth-order valence-electron chi connectivity index (χ4n) is 1.41. The minimum atomic E-state index is -0.628. The van der Waals surface area contributed by atoms with Crippen LogP contribution >= 0.6 is 0 Å². The second-order valence-electron chi connectivity index (χ2n) is 3.32. The van der Waals surface area contributed by atoms with Gasteiger partial charge in [0, 0.05) is 5.92 Å². The van der Waals surface area contributed by atoms with Crippen molar-refractivity contribution >= 4 is 12.0 Å². The molecule has 2 amide bonds. The van der Waals surface area contributed by atoms with Crippen LogP contribution in [-0.4, -0.2) is 18.6 Å². The molecule has 84 valence electrons. The summed E-state index contributed by atoms with van der Waals surface area (Å²) in [5.74, 6) is -0.204. The second-order valence-corrected chi connectivity index (χ2v) is 3.32. The average molecular weight is 212 g/mol. The maximum Gasteiger partial charge on any atom is 0.426 e. The fourth-order valence-corrected chi connectivity index (χ4v) is 1.41. The zero-order valence-corrected chi connectivity index (χ0v) is 8.79. The van der Waals surface area contributed by atoms with E-state index >= 15 is 0 Å². The molecule has 0 radical (unpaired) electrons. The Morgan fingerprint density at radius 2 is 2.20 bits per heavy atom. The molecule has 0 aromatic heterocycles. The van der Waals surface area contributed by atoms with Crippen molar-refractivity contribution in [3.8, 4) is 0 Å². The van der Waals surface area contributed by atoms with Gasteiger partial charge in [0.2, 0.25) is 5.91 Å². The largest absolute Gasteiger partial charge is 0.449 e. The van der Waals surface area contributed by atoms with Crippen molar-refractivity contribution in [2.24, 2.45) is 5.92 Å². The molecule has 2 N–H and O–H groups in total. The topological polar surface area (TPSA) is 67.4 Å².